The Balaban J connectivity index is 2.40. The molecule has 4 N–H and O–H groups in total. The van der Waals surface area contributed by atoms with E-state index in [1.807, 2.05) is 13.8 Å². The van der Waals surface area contributed by atoms with Gasteiger partial charge in [-0.3, -0.25) is 9.89 Å². The number of nitrogens with two attached hydrogens (primary N) is 1. The molecule has 0 aliphatic heterocycles. The van der Waals surface area contributed by atoms with Gasteiger partial charge in [0.2, 0.25) is 11.8 Å². The molecule has 0 aliphatic rings. The SMILES string of the molecule is CCOC(CNC(=O)c1nc(N)n[nH]1)OCC. The smallest absolute Gasteiger partial charge is 0.288 e. The van der Waals surface area contributed by atoms with Gasteiger partial charge in [0.15, 0.2) is 6.29 Å². The lowest BCUT2D eigenvalue weighted by molar-refractivity contribution is -0.131. The summed E-state index contributed by atoms with van der Waals surface area (Å²) in [5.41, 5.74) is 5.28. The molecule has 0 aromatic carbocycles. The summed E-state index contributed by atoms with van der Waals surface area (Å²) in [7, 11) is 0. The molecule has 1 aromatic rings. The molecular formula is C9H17N5O3. The Morgan fingerprint density at radius 1 is 1.47 bits per heavy atom. The predicted molar refractivity (Wildman–Crippen MR) is 60.2 cm³/mol. The van der Waals surface area contributed by atoms with Crippen LogP contribution in [0.4, 0.5) is 5.95 Å². The molecule has 0 unspecified atom stereocenters. The molecule has 17 heavy (non-hydrogen) atoms. The van der Waals surface area contributed by atoms with Gasteiger partial charge in [-0.1, -0.05) is 0 Å². The van der Waals surface area contributed by atoms with E-state index in [1.165, 1.54) is 0 Å². The van der Waals surface area contributed by atoms with Gasteiger partial charge in [0, 0.05) is 13.2 Å². The highest BCUT2D eigenvalue weighted by Crippen LogP contribution is 1.96. The van der Waals surface area contributed by atoms with E-state index in [-0.39, 0.29) is 18.3 Å². The number of hydrogen-bond acceptors (Lipinski definition) is 6. The maximum absolute atomic E-state index is 11.6. The number of nitrogens with one attached hydrogen (secondary N) is 2. The van der Waals surface area contributed by atoms with Crippen molar-refractivity contribution in [3.8, 4) is 0 Å². The quantitative estimate of drug-likeness (QED) is 0.557. The van der Waals surface area contributed by atoms with E-state index >= 15 is 0 Å². The van der Waals surface area contributed by atoms with Gasteiger partial charge in [0.25, 0.3) is 5.91 Å². The van der Waals surface area contributed by atoms with Crippen LogP contribution in [0.3, 0.4) is 0 Å². The molecule has 0 radical (unpaired) electrons. The minimum Gasteiger partial charge on any atom is -0.366 e. The average molecular weight is 243 g/mol. The van der Waals surface area contributed by atoms with E-state index in [1.54, 1.807) is 0 Å². The summed E-state index contributed by atoms with van der Waals surface area (Å²) >= 11 is 0. The molecule has 1 heterocycles. The van der Waals surface area contributed by atoms with Gasteiger partial charge in [-0.2, -0.15) is 4.98 Å². The van der Waals surface area contributed by atoms with Crippen LogP contribution < -0.4 is 11.1 Å². The van der Waals surface area contributed by atoms with Crippen LogP contribution in [0.15, 0.2) is 0 Å². The number of carbonyl (C=O) groups is 1. The van der Waals surface area contributed by atoms with Gasteiger partial charge in [-0.15, -0.1) is 5.10 Å². The molecule has 96 valence electrons. The highest BCUT2D eigenvalue weighted by Gasteiger charge is 2.14. The first-order valence-electron chi connectivity index (χ1n) is 5.36. The van der Waals surface area contributed by atoms with Crippen LogP contribution in [-0.4, -0.2) is 47.1 Å². The topological polar surface area (TPSA) is 115 Å². The van der Waals surface area contributed by atoms with E-state index in [4.69, 9.17) is 15.2 Å². The van der Waals surface area contributed by atoms with Crippen LogP contribution >= 0.6 is 0 Å². The second-order valence-electron chi connectivity index (χ2n) is 3.09. The van der Waals surface area contributed by atoms with Gasteiger partial charge in [0.05, 0.1) is 6.54 Å². The first-order chi connectivity index (χ1) is 8.17. The summed E-state index contributed by atoms with van der Waals surface area (Å²) in [6.45, 7) is 4.96. The van der Waals surface area contributed by atoms with Crippen molar-refractivity contribution in [3.63, 3.8) is 0 Å². The number of hydrogen-bond donors (Lipinski definition) is 3. The van der Waals surface area contributed by atoms with Crippen molar-refractivity contribution in [1.82, 2.24) is 20.5 Å². The number of H-pyrrole nitrogens is 1. The van der Waals surface area contributed by atoms with Crippen LogP contribution in [0.5, 0.6) is 0 Å². The molecule has 1 aromatic heterocycles. The van der Waals surface area contributed by atoms with Crippen LogP contribution in [-0.2, 0) is 9.47 Å². The Hall–Kier alpha value is -1.67. The van der Waals surface area contributed by atoms with E-state index in [0.717, 1.165) is 0 Å². The zero-order valence-corrected chi connectivity index (χ0v) is 9.90. The first kappa shape index (κ1) is 13.4. The van der Waals surface area contributed by atoms with Gasteiger partial charge >= 0.3 is 0 Å². The fourth-order valence-electron chi connectivity index (χ4n) is 1.17. The van der Waals surface area contributed by atoms with E-state index in [9.17, 15) is 4.79 Å². The number of rotatable bonds is 7. The van der Waals surface area contributed by atoms with Crippen molar-refractivity contribution in [1.29, 1.82) is 0 Å². The summed E-state index contributed by atoms with van der Waals surface area (Å²) in [6, 6.07) is 0. The number of anilines is 1. The highest BCUT2D eigenvalue weighted by atomic mass is 16.7. The van der Waals surface area contributed by atoms with Crippen LogP contribution in [0, 0.1) is 0 Å². The van der Waals surface area contributed by atoms with E-state index in [0.29, 0.717) is 13.2 Å². The third-order valence-corrected chi connectivity index (χ3v) is 1.85. The fraction of sp³-hybridized carbons (Fsp3) is 0.667. The number of ether oxygens (including phenoxy) is 2. The lowest BCUT2D eigenvalue weighted by Crippen LogP contribution is -2.35. The largest absolute Gasteiger partial charge is 0.366 e. The second kappa shape index (κ2) is 6.81. The molecule has 8 nitrogen and oxygen atoms in total. The summed E-state index contributed by atoms with van der Waals surface area (Å²) in [4.78, 5) is 15.3. The molecule has 1 rings (SSSR count). The minimum atomic E-state index is -0.464. The van der Waals surface area contributed by atoms with Gasteiger partial charge in [0.1, 0.15) is 0 Å². The lowest BCUT2D eigenvalue weighted by atomic mass is 10.5. The molecule has 0 aliphatic carbocycles. The molecule has 8 heteroatoms. The number of nitrogen functional groups attached to an aromatic ring is 1. The summed E-state index contributed by atoms with van der Waals surface area (Å²) in [5.74, 6) is -0.311. The normalized spacial score (nSPS) is 10.8. The molecule has 0 saturated carbocycles. The Morgan fingerprint density at radius 3 is 2.59 bits per heavy atom. The summed E-state index contributed by atoms with van der Waals surface area (Å²) < 4.78 is 10.5. The van der Waals surface area contributed by atoms with Crippen molar-refractivity contribution >= 4 is 11.9 Å². The first-order valence-corrected chi connectivity index (χ1v) is 5.36. The molecule has 0 bridgehead atoms. The number of aromatic amines is 1. The van der Waals surface area contributed by atoms with Crippen molar-refractivity contribution in [2.75, 3.05) is 25.5 Å². The van der Waals surface area contributed by atoms with Gasteiger partial charge in [-0.25, -0.2) is 0 Å². The van der Waals surface area contributed by atoms with Crippen molar-refractivity contribution in [2.24, 2.45) is 0 Å². The molecule has 0 spiro atoms. The van der Waals surface area contributed by atoms with Crippen LogP contribution in [0.2, 0.25) is 0 Å². The summed E-state index contributed by atoms with van der Waals surface area (Å²) in [5, 5.41) is 8.57. The lowest BCUT2D eigenvalue weighted by Gasteiger charge is -2.16. The maximum Gasteiger partial charge on any atom is 0.288 e. The molecule has 0 saturated heterocycles. The monoisotopic (exact) mass is 243 g/mol. The third-order valence-electron chi connectivity index (χ3n) is 1.85. The standard InChI is InChI=1S/C9H17N5O3/c1-3-16-6(17-4-2)5-11-8(15)7-12-9(10)14-13-7/h6H,3-5H2,1-2H3,(H,11,15)(H3,10,12,13,14). The Kier molecular flexibility index (Phi) is 5.37. The highest BCUT2D eigenvalue weighted by molar-refractivity contribution is 5.90. The van der Waals surface area contributed by atoms with Crippen LogP contribution in [0.1, 0.15) is 24.5 Å². The van der Waals surface area contributed by atoms with Gasteiger partial charge in [-0.05, 0) is 13.8 Å². The predicted octanol–water partition coefficient (Wildman–Crippen LogP) is -0.484. The summed E-state index contributed by atoms with van der Waals surface area (Å²) in [6.07, 6.45) is -0.464. The average Bonchev–Trinajstić information content (AvgIpc) is 2.73. The number of amides is 1. The van der Waals surface area contributed by atoms with E-state index in [2.05, 4.69) is 20.5 Å². The number of carbonyl (C=O) groups excluding carboxylic acids is 1. The Morgan fingerprint density at radius 2 is 2.12 bits per heavy atom. The minimum absolute atomic E-state index is 0.0290. The molecule has 1 amide bonds. The van der Waals surface area contributed by atoms with Crippen LogP contribution in [0.25, 0.3) is 0 Å². The fourth-order valence-corrected chi connectivity index (χ4v) is 1.17. The van der Waals surface area contributed by atoms with E-state index < -0.39 is 12.2 Å². The molecular weight excluding hydrogens is 226 g/mol. The van der Waals surface area contributed by atoms with Gasteiger partial charge < -0.3 is 20.5 Å². The second-order valence-corrected chi connectivity index (χ2v) is 3.09. The Bertz CT molecular complexity index is 348. The zero-order valence-electron chi connectivity index (χ0n) is 9.90. The number of aromatic nitrogens is 3. The third kappa shape index (κ3) is 4.37. The molecule has 0 fully saturated rings. The maximum atomic E-state index is 11.6. The zero-order chi connectivity index (χ0) is 12.7. The van der Waals surface area contributed by atoms with Crippen molar-refractivity contribution in [3.05, 3.63) is 5.82 Å². The van der Waals surface area contributed by atoms with Crippen molar-refractivity contribution in [2.45, 2.75) is 20.1 Å². The van der Waals surface area contributed by atoms with Crippen molar-refractivity contribution < 1.29 is 14.3 Å². The molecule has 0 atom stereocenters. The number of nitrogens with zero attached hydrogens (tertiary/aromatic N) is 2. The Labute approximate surface area is 98.9 Å².